The molecule has 4 fully saturated rings. The van der Waals surface area contributed by atoms with Gasteiger partial charge in [-0.3, -0.25) is 4.79 Å². The van der Waals surface area contributed by atoms with E-state index in [0.29, 0.717) is 29.5 Å². The number of rotatable bonds is 9. The van der Waals surface area contributed by atoms with Gasteiger partial charge < -0.3 is 4.57 Å². The first-order valence-corrected chi connectivity index (χ1v) is 18.2. The zero-order valence-corrected chi connectivity index (χ0v) is 28.3. The summed E-state index contributed by atoms with van der Waals surface area (Å²) in [5, 5.41) is 0. The van der Waals surface area contributed by atoms with Gasteiger partial charge in [0, 0.05) is 17.2 Å². The average Bonchev–Trinajstić information content (AvgIpc) is 3.66. The number of hydrogen-bond acceptors (Lipinski definition) is 2. The summed E-state index contributed by atoms with van der Waals surface area (Å²) in [4.78, 5) is 19.3. The maximum Gasteiger partial charge on any atom is 0.161 e. The Bertz CT molecular complexity index is 2020. The minimum Gasteiger partial charge on any atom is -0.318 e. The molecule has 10 rings (SSSR count). The quantitative estimate of drug-likeness (QED) is 0.115. The van der Waals surface area contributed by atoms with Crippen LogP contribution in [0.5, 0.6) is 0 Å². The average molecular weight is 651 g/mol. The lowest BCUT2D eigenvalue weighted by Gasteiger charge is -2.59. The smallest absolute Gasteiger partial charge is 0.161 e. The van der Waals surface area contributed by atoms with Crippen LogP contribution in [0.25, 0.3) is 17.3 Å². The minimum absolute atomic E-state index is 0.213. The van der Waals surface area contributed by atoms with E-state index in [4.69, 9.17) is 4.98 Å². The summed E-state index contributed by atoms with van der Waals surface area (Å²) >= 11 is 0. The maximum absolute atomic E-state index is 14.3. The van der Waals surface area contributed by atoms with Crippen molar-refractivity contribution in [1.82, 2.24) is 9.55 Å². The summed E-state index contributed by atoms with van der Waals surface area (Å²) in [6.45, 7) is 0. The van der Waals surface area contributed by atoms with Crippen LogP contribution in [-0.4, -0.2) is 15.3 Å². The molecule has 246 valence electrons. The Morgan fingerprint density at radius 3 is 1.76 bits per heavy atom. The van der Waals surface area contributed by atoms with Crippen LogP contribution in [0.3, 0.4) is 0 Å². The lowest BCUT2D eigenvalue weighted by atomic mass is 9.44. The second-order valence-electron chi connectivity index (χ2n) is 14.9. The molecule has 0 amide bonds. The van der Waals surface area contributed by atoms with Crippen LogP contribution in [0, 0.1) is 23.2 Å². The molecule has 4 bridgehead atoms. The van der Waals surface area contributed by atoms with Crippen molar-refractivity contribution in [2.24, 2.45) is 23.2 Å². The Labute approximate surface area is 295 Å². The summed E-state index contributed by atoms with van der Waals surface area (Å²) in [5.74, 6) is 2.82. The SMILES string of the molecule is O=C(/C=C/c1ccccc1-c1cn(C(c2ccccc2)(c2ccccc2)c2ccccc2)cn1)C12CC3CC(C1)C(c1ccccc1)C(C3)C2. The van der Waals surface area contributed by atoms with E-state index < -0.39 is 5.54 Å². The fourth-order valence-electron chi connectivity index (χ4n) is 10.4. The third-order valence-electron chi connectivity index (χ3n) is 12.2. The topological polar surface area (TPSA) is 34.9 Å². The van der Waals surface area contributed by atoms with Crippen LogP contribution < -0.4 is 0 Å². The van der Waals surface area contributed by atoms with Crippen LogP contribution in [0.15, 0.2) is 164 Å². The molecule has 4 aliphatic carbocycles. The van der Waals surface area contributed by atoms with Gasteiger partial charge in [0.1, 0.15) is 5.54 Å². The molecule has 1 aromatic heterocycles. The molecule has 0 N–H and O–H groups in total. The molecule has 0 aliphatic heterocycles. The number of ketones is 1. The Kier molecular flexibility index (Phi) is 7.72. The highest BCUT2D eigenvalue weighted by molar-refractivity contribution is 5.99. The van der Waals surface area contributed by atoms with Gasteiger partial charge in [-0.25, -0.2) is 4.98 Å². The first-order chi connectivity index (χ1) is 24.6. The third-order valence-corrected chi connectivity index (χ3v) is 12.2. The van der Waals surface area contributed by atoms with Crippen molar-refractivity contribution in [3.63, 3.8) is 0 Å². The van der Waals surface area contributed by atoms with Crippen molar-refractivity contribution >= 4 is 11.9 Å². The van der Waals surface area contributed by atoms with E-state index in [2.05, 4.69) is 162 Å². The van der Waals surface area contributed by atoms with Gasteiger partial charge in [-0.05, 0) is 89.7 Å². The molecule has 3 nitrogen and oxygen atoms in total. The lowest BCUT2D eigenvalue weighted by molar-refractivity contribution is -0.140. The van der Waals surface area contributed by atoms with Crippen LogP contribution in [-0.2, 0) is 10.3 Å². The Hall–Kier alpha value is -5.28. The Balaban J connectivity index is 1.06. The molecule has 5 aromatic carbocycles. The van der Waals surface area contributed by atoms with Crippen LogP contribution in [0.4, 0.5) is 0 Å². The largest absolute Gasteiger partial charge is 0.318 e. The summed E-state index contributed by atoms with van der Waals surface area (Å²) in [6.07, 6.45) is 13.7. The molecule has 3 heteroatoms. The van der Waals surface area contributed by atoms with Crippen molar-refractivity contribution < 1.29 is 4.79 Å². The highest BCUT2D eigenvalue weighted by Gasteiger charge is 2.57. The number of nitrogens with zero attached hydrogens (tertiary/aromatic N) is 2. The molecule has 2 atom stereocenters. The fourth-order valence-corrected chi connectivity index (χ4v) is 10.4. The van der Waals surface area contributed by atoms with Gasteiger partial charge in [0.05, 0.1) is 12.0 Å². The Morgan fingerprint density at radius 2 is 1.18 bits per heavy atom. The third kappa shape index (κ3) is 5.10. The van der Waals surface area contributed by atoms with Crippen LogP contribution in [0.1, 0.15) is 65.8 Å². The first kappa shape index (κ1) is 30.8. The number of hydrogen-bond donors (Lipinski definition) is 0. The monoisotopic (exact) mass is 650 g/mol. The van der Waals surface area contributed by atoms with Crippen LogP contribution >= 0.6 is 0 Å². The van der Waals surface area contributed by atoms with Crippen molar-refractivity contribution in [3.8, 4) is 11.3 Å². The molecule has 0 saturated heterocycles. The van der Waals surface area contributed by atoms with Gasteiger partial charge in [0.15, 0.2) is 5.78 Å². The molecule has 2 unspecified atom stereocenters. The number of aromatic nitrogens is 2. The van der Waals surface area contributed by atoms with E-state index >= 15 is 0 Å². The molecule has 6 aromatic rings. The normalized spacial score (nSPS) is 24.1. The number of carbonyl (C=O) groups excluding carboxylic acids is 1. The summed E-state index contributed by atoms with van der Waals surface area (Å²) in [6, 6.07) is 51.5. The lowest BCUT2D eigenvalue weighted by Crippen LogP contribution is -2.52. The zero-order chi connectivity index (χ0) is 33.5. The fraction of sp³-hybridized carbons (Fsp3) is 0.234. The van der Waals surface area contributed by atoms with Gasteiger partial charge in [0.2, 0.25) is 0 Å². The zero-order valence-electron chi connectivity index (χ0n) is 28.3. The number of allylic oxidation sites excluding steroid dienone is 1. The van der Waals surface area contributed by atoms with Gasteiger partial charge in [0.25, 0.3) is 0 Å². The predicted octanol–water partition coefficient (Wildman–Crippen LogP) is 10.6. The molecule has 0 radical (unpaired) electrons. The van der Waals surface area contributed by atoms with E-state index in [1.807, 2.05) is 12.4 Å². The molecule has 50 heavy (non-hydrogen) atoms. The van der Waals surface area contributed by atoms with E-state index in [-0.39, 0.29) is 5.41 Å². The van der Waals surface area contributed by atoms with E-state index in [1.54, 1.807) is 0 Å². The number of imidazole rings is 1. The van der Waals surface area contributed by atoms with Crippen molar-refractivity contribution in [2.45, 2.75) is 43.6 Å². The summed E-state index contributed by atoms with van der Waals surface area (Å²) < 4.78 is 2.26. The van der Waals surface area contributed by atoms with E-state index in [1.165, 1.54) is 18.4 Å². The summed E-state index contributed by atoms with van der Waals surface area (Å²) in [5.41, 5.74) is 7.02. The maximum atomic E-state index is 14.3. The van der Waals surface area contributed by atoms with E-state index in [9.17, 15) is 4.79 Å². The van der Waals surface area contributed by atoms with Crippen molar-refractivity contribution in [2.75, 3.05) is 0 Å². The molecule has 4 aliphatic rings. The van der Waals surface area contributed by atoms with Crippen molar-refractivity contribution in [1.29, 1.82) is 0 Å². The minimum atomic E-state index is -0.633. The molecular formula is C47H42N2O. The number of carbonyl (C=O) groups is 1. The second kappa shape index (κ2) is 12.6. The molecule has 0 spiro atoms. The molecule has 1 heterocycles. The first-order valence-electron chi connectivity index (χ1n) is 18.2. The van der Waals surface area contributed by atoms with Gasteiger partial charge in [-0.2, -0.15) is 0 Å². The Morgan fingerprint density at radius 1 is 0.660 bits per heavy atom. The highest BCUT2D eigenvalue weighted by Crippen LogP contribution is 2.65. The number of benzene rings is 5. The van der Waals surface area contributed by atoms with Gasteiger partial charge >= 0.3 is 0 Å². The van der Waals surface area contributed by atoms with Gasteiger partial charge in [-0.15, -0.1) is 0 Å². The van der Waals surface area contributed by atoms with Crippen LogP contribution in [0.2, 0.25) is 0 Å². The van der Waals surface area contributed by atoms with E-state index in [0.717, 1.165) is 52.8 Å². The molecule has 4 saturated carbocycles. The predicted molar refractivity (Wildman–Crippen MR) is 201 cm³/mol. The molecular weight excluding hydrogens is 609 g/mol. The standard InChI is InChI=1S/C47H42N2O/c50-44(46-29-34-27-37(30-46)45(38(28-34)31-46)36-16-5-1-6-17-36)26-25-35-15-13-14-24-42(35)43-32-49(33-48-43)47(39-18-7-2-8-19-39,40-20-9-3-10-21-40)41-22-11-4-12-23-41/h1-26,32-34,37-38,45H,27-31H2/b26-25+. The van der Waals surface area contributed by atoms with Crippen molar-refractivity contribution in [3.05, 3.63) is 192 Å². The highest BCUT2D eigenvalue weighted by atomic mass is 16.1. The van der Waals surface area contributed by atoms with Gasteiger partial charge in [-0.1, -0.05) is 152 Å². The second-order valence-corrected chi connectivity index (χ2v) is 14.9. The summed E-state index contributed by atoms with van der Waals surface area (Å²) in [7, 11) is 0.